The fourth-order valence-electron chi connectivity index (χ4n) is 1.17. The molecule has 104 valence electrons. The summed E-state index contributed by atoms with van der Waals surface area (Å²) in [7, 11) is 3.27. The van der Waals surface area contributed by atoms with Crippen LogP contribution < -0.4 is 10.6 Å². The molecule has 0 rings (SSSR count). The van der Waals surface area contributed by atoms with E-state index in [4.69, 9.17) is 10.2 Å². The SMILES string of the molecule is CNCCN(C)C(=O)N[C@@H](CCC(=O)O)C(=O)O. The standard InChI is InChI=1S/C10H19N3O5/c1-11-5-6-13(2)10(18)12-7(9(16)17)3-4-8(14)15/h7,11H,3-6H2,1-2H3,(H,12,18)(H,14,15)(H,16,17)/t7-/m0/s1. The number of carbonyl (C=O) groups excluding carboxylic acids is 1. The largest absolute Gasteiger partial charge is 0.481 e. The van der Waals surface area contributed by atoms with Crippen LogP contribution in [0.1, 0.15) is 12.8 Å². The first-order chi connectivity index (χ1) is 8.38. The number of carboxylic acids is 2. The van der Waals surface area contributed by atoms with Crippen molar-refractivity contribution in [1.82, 2.24) is 15.5 Å². The molecule has 0 aromatic heterocycles. The van der Waals surface area contributed by atoms with E-state index in [0.29, 0.717) is 13.1 Å². The quantitative estimate of drug-likeness (QED) is 0.452. The van der Waals surface area contributed by atoms with Crippen LogP contribution in [-0.4, -0.2) is 66.3 Å². The van der Waals surface area contributed by atoms with Crippen molar-refractivity contribution in [2.45, 2.75) is 18.9 Å². The number of hydrogen-bond acceptors (Lipinski definition) is 4. The Morgan fingerprint density at radius 3 is 2.33 bits per heavy atom. The molecule has 0 aromatic carbocycles. The second kappa shape index (κ2) is 8.29. The average molecular weight is 261 g/mol. The maximum Gasteiger partial charge on any atom is 0.326 e. The zero-order valence-corrected chi connectivity index (χ0v) is 10.5. The molecule has 0 aliphatic carbocycles. The Kier molecular flexibility index (Phi) is 7.45. The predicted octanol–water partition coefficient (Wildman–Crippen LogP) is -0.835. The lowest BCUT2D eigenvalue weighted by atomic mass is 10.1. The molecule has 0 fully saturated rings. The molecule has 0 aromatic rings. The van der Waals surface area contributed by atoms with Crippen molar-refractivity contribution in [3.63, 3.8) is 0 Å². The monoisotopic (exact) mass is 261 g/mol. The second-order valence-corrected chi connectivity index (χ2v) is 3.80. The smallest absolute Gasteiger partial charge is 0.326 e. The molecule has 0 saturated carbocycles. The van der Waals surface area contributed by atoms with E-state index in [-0.39, 0.29) is 12.8 Å². The normalized spacial score (nSPS) is 11.7. The van der Waals surface area contributed by atoms with Crippen molar-refractivity contribution in [2.75, 3.05) is 27.2 Å². The average Bonchev–Trinajstić information content (AvgIpc) is 2.30. The zero-order chi connectivity index (χ0) is 14.1. The van der Waals surface area contributed by atoms with Crippen molar-refractivity contribution in [3.05, 3.63) is 0 Å². The summed E-state index contributed by atoms with van der Waals surface area (Å²) in [4.78, 5) is 34.1. The predicted molar refractivity (Wildman–Crippen MR) is 63.4 cm³/mol. The highest BCUT2D eigenvalue weighted by Gasteiger charge is 2.22. The number of hydrogen-bond donors (Lipinski definition) is 4. The molecule has 0 aliphatic rings. The molecule has 0 radical (unpaired) electrons. The summed E-state index contributed by atoms with van der Waals surface area (Å²) >= 11 is 0. The maximum absolute atomic E-state index is 11.6. The van der Waals surface area contributed by atoms with Crippen LogP contribution in [0.2, 0.25) is 0 Å². The number of carboxylic acid groups (broad SMARTS) is 2. The van der Waals surface area contributed by atoms with Gasteiger partial charge in [-0.1, -0.05) is 0 Å². The van der Waals surface area contributed by atoms with Gasteiger partial charge in [-0.3, -0.25) is 4.79 Å². The van der Waals surface area contributed by atoms with Crippen LogP contribution in [0.4, 0.5) is 4.79 Å². The number of nitrogens with zero attached hydrogens (tertiary/aromatic N) is 1. The van der Waals surface area contributed by atoms with E-state index in [0.717, 1.165) is 0 Å². The van der Waals surface area contributed by atoms with Gasteiger partial charge >= 0.3 is 18.0 Å². The van der Waals surface area contributed by atoms with Crippen LogP contribution in [-0.2, 0) is 9.59 Å². The minimum atomic E-state index is -1.24. The summed E-state index contributed by atoms with van der Waals surface area (Å²) in [6.07, 6.45) is -0.451. The van der Waals surface area contributed by atoms with Gasteiger partial charge in [0.1, 0.15) is 6.04 Å². The van der Waals surface area contributed by atoms with E-state index >= 15 is 0 Å². The van der Waals surface area contributed by atoms with Crippen LogP contribution in [0.3, 0.4) is 0 Å². The number of nitrogens with one attached hydrogen (secondary N) is 2. The van der Waals surface area contributed by atoms with Crippen molar-refractivity contribution in [2.24, 2.45) is 0 Å². The molecule has 0 bridgehead atoms. The molecule has 0 aliphatic heterocycles. The van der Waals surface area contributed by atoms with Gasteiger partial charge in [0.15, 0.2) is 0 Å². The molecule has 18 heavy (non-hydrogen) atoms. The van der Waals surface area contributed by atoms with E-state index in [1.807, 2.05) is 0 Å². The Morgan fingerprint density at radius 1 is 1.28 bits per heavy atom. The zero-order valence-electron chi connectivity index (χ0n) is 10.5. The number of carbonyl (C=O) groups is 3. The van der Waals surface area contributed by atoms with Crippen molar-refractivity contribution < 1.29 is 24.6 Å². The molecule has 8 nitrogen and oxygen atoms in total. The molecule has 1 atom stereocenters. The van der Waals surface area contributed by atoms with Gasteiger partial charge in [-0.25, -0.2) is 9.59 Å². The van der Waals surface area contributed by atoms with Gasteiger partial charge < -0.3 is 25.7 Å². The fraction of sp³-hybridized carbons (Fsp3) is 0.700. The number of aliphatic carboxylic acids is 2. The maximum atomic E-state index is 11.6. The minimum Gasteiger partial charge on any atom is -0.481 e. The van der Waals surface area contributed by atoms with Gasteiger partial charge in [-0.2, -0.15) is 0 Å². The molecule has 0 spiro atoms. The number of rotatable bonds is 8. The third kappa shape index (κ3) is 6.69. The van der Waals surface area contributed by atoms with Gasteiger partial charge in [0.25, 0.3) is 0 Å². The fourth-order valence-corrected chi connectivity index (χ4v) is 1.17. The van der Waals surface area contributed by atoms with E-state index in [9.17, 15) is 14.4 Å². The molecule has 0 saturated heterocycles. The lowest BCUT2D eigenvalue weighted by Gasteiger charge is -2.21. The molecule has 4 N–H and O–H groups in total. The lowest BCUT2D eigenvalue weighted by Crippen LogP contribution is -2.48. The van der Waals surface area contributed by atoms with Crippen LogP contribution in [0.15, 0.2) is 0 Å². The van der Waals surface area contributed by atoms with E-state index in [1.54, 1.807) is 7.05 Å². The first-order valence-corrected chi connectivity index (χ1v) is 5.49. The molecule has 8 heteroatoms. The Balaban J connectivity index is 4.26. The van der Waals surface area contributed by atoms with Crippen molar-refractivity contribution in [1.29, 1.82) is 0 Å². The minimum absolute atomic E-state index is 0.143. The Labute approximate surface area is 105 Å². The summed E-state index contributed by atoms with van der Waals surface area (Å²) in [6.45, 7) is 1.00. The van der Waals surface area contributed by atoms with Gasteiger partial charge in [0.05, 0.1) is 0 Å². The third-order valence-electron chi connectivity index (χ3n) is 2.29. The van der Waals surface area contributed by atoms with Gasteiger partial charge in [0, 0.05) is 26.6 Å². The van der Waals surface area contributed by atoms with E-state index in [1.165, 1.54) is 11.9 Å². The molecular weight excluding hydrogens is 242 g/mol. The first kappa shape index (κ1) is 16.2. The second-order valence-electron chi connectivity index (χ2n) is 3.80. The Hall–Kier alpha value is -1.83. The van der Waals surface area contributed by atoms with Crippen LogP contribution in [0, 0.1) is 0 Å². The topological polar surface area (TPSA) is 119 Å². The Bertz CT molecular complexity index is 308. The van der Waals surface area contributed by atoms with Crippen molar-refractivity contribution in [3.8, 4) is 0 Å². The van der Waals surface area contributed by atoms with Crippen LogP contribution >= 0.6 is 0 Å². The third-order valence-corrected chi connectivity index (χ3v) is 2.29. The highest BCUT2D eigenvalue weighted by atomic mass is 16.4. The summed E-state index contributed by atoms with van der Waals surface area (Å²) in [6, 6.07) is -1.73. The van der Waals surface area contributed by atoms with E-state index < -0.39 is 24.0 Å². The summed E-state index contributed by atoms with van der Waals surface area (Å²) < 4.78 is 0. The van der Waals surface area contributed by atoms with Gasteiger partial charge in [-0.15, -0.1) is 0 Å². The summed E-state index contributed by atoms with van der Waals surface area (Å²) in [5.41, 5.74) is 0. The number of likely N-dealkylation sites (N-methyl/N-ethyl adjacent to an activating group) is 2. The molecular formula is C10H19N3O5. The lowest BCUT2D eigenvalue weighted by molar-refractivity contribution is -0.140. The van der Waals surface area contributed by atoms with Gasteiger partial charge in [0.2, 0.25) is 0 Å². The summed E-state index contributed by atoms with van der Waals surface area (Å²) in [5, 5.41) is 22.5. The Morgan fingerprint density at radius 2 is 1.89 bits per heavy atom. The molecule has 0 unspecified atom stereocenters. The highest BCUT2D eigenvalue weighted by Crippen LogP contribution is 1.99. The van der Waals surface area contributed by atoms with Crippen LogP contribution in [0.25, 0.3) is 0 Å². The van der Waals surface area contributed by atoms with E-state index in [2.05, 4.69) is 10.6 Å². The number of amides is 2. The molecule has 0 heterocycles. The first-order valence-electron chi connectivity index (χ1n) is 5.49. The highest BCUT2D eigenvalue weighted by molar-refractivity contribution is 5.82. The van der Waals surface area contributed by atoms with Crippen LogP contribution in [0.5, 0.6) is 0 Å². The molecule has 2 amide bonds. The van der Waals surface area contributed by atoms with Gasteiger partial charge in [-0.05, 0) is 13.5 Å². The summed E-state index contributed by atoms with van der Waals surface area (Å²) in [5.74, 6) is -2.34. The number of urea groups is 1. The van der Waals surface area contributed by atoms with Crippen molar-refractivity contribution >= 4 is 18.0 Å².